The van der Waals surface area contributed by atoms with Crippen LogP contribution in [0.3, 0.4) is 0 Å². The van der Waals surface area contributed by atoms with Crippen molar-refractivity contribution in [2.24, 2.45) is 5.92 Å². The Kier molecular flexibility index (Phi) is 5.10. The number of likely N-dealkylation sites (tertiary alicyclic amines) is 1. The van der Waals surface area contributed by atoms with Crippen molar-refractivity contribution in [2.45, 2.75) is 36.1 Å². The normalized spacial score (nSPS) is 30.1. The van der Waals surface area contributed by atoms with E-state index in [2.05, 4.69) is 0 Å². The van der Waals surface area contributed by atoms with E-state index < -0.39 is 51.9 Å². The number of esters is 2. The average molecular weight is 389 g/mol. The third-order valence-corrected chi connectivity index (χ3v) is 3.80. The van der Waals surface area contributed by atoms with Crippen molar-refractivity contribution < 1.29 is 33.4 Å². The molecule has 0 N–H and O–H groups in total. The van der Waals surface area contributed by atoms with Gasteiger partial charge < -0.3 is 14.2 Å². The summed E-state index contributed by atoms with van der Waals surface area (Å²) in [4.78, 5) is 47.2. The van der Waals surface area contributed by atoms with Crippen molar-refractivity contribution in [3.8, 4) is 0 Å². The zero-order valence-corrected chi connectivity index (χ0v) is 14.2. The lowest BCUT2D eigenvalue weighted by atomic mass is 9.84. The minimum Gasteiger partial charge on any atom is -0.457 e. The van der Waals surface area contributed by atoms with Crippen LogP contribution in [0.5, 0.6) is 0 Å². The number of ether oxygens (including phenoxy) is 3. The van der Waals surface area contributed by atoms with Gasteiger partial charge in [-0.1, -0.05) is 34.8 Å². The van der Waals surface area contributed by atoms with Gasteiger partial charge in [0, 0.05) is 13.8 Å². The lowest BCUT2D eigenvalue weighted by Gasteiger charge is -2.52. The highest BCUT2D eigenvalue weighted by Gasteiger charge is 2.63. The summed E-state index contributed by atoms with van der Waals surface area (Å²) in [5.74, 6) is -4.13. The van der Waals surface area contributed by atoms with Gasteiger partial charge in [-0.25, -0.2) is 0 Å². The van der Waals surface area contributed by atoms with Gasteiger partial charge in [-0.2, -0.15) is 0 Å². The Labute approximate surface area is 145 Å². The molecule has 23 heavy (non-hydrogen) atoms. The summed E-state index contributed by atoms with van der Waals surface area (Å²) in [5.41, 5.74) is 0. The standard InChI is InChI=1S/C12H12Cl3NO7/c1-4(17)22-6-3-21-10-7(8(6)23-5(2)18)9(19)16(10)11(20)12(13,14)15/h6-8,10H,3H2,1-2H3/t6-,7+,8+,10+/m0/s1. The Morgan fingerprint density at radius 2 is 1.74 bits per heavy atom. The largest absolute Gasteiger partial charge is 0.457 e. The summed E-state index contributed by atoms with van der Waals surface area (Å²) in [5, 5.41) is 0. The first-order valence-electron chi connectivity index (χ1n) is 6.44. The molecule has 0 radical (unpaired) electrons. The lowest BCUT2D eigenvalue weighted by molar-refractivity contribution is -0.253. The summed E-state index contributed by atoms with van der Waals surface area (Å²) in [6.07, 6.45) is -3.10. The van der Waals surface area contributed by atoms with Gasteiger partial charge in [-0.05, 0) is 0 Å². The third-order valence-electron chi connectivity index (χ3n) is 3.32. The highest BCUT2D eigenvalue weighted by atomic mass is 35.6. The van der Waals surface area contributed by atoms with Crippen molar-refractivity contribution in [3.05, 3.63) is 0 Å². The predicted molar refractivity (Wildman–Crippen MR) is 76.5 cm³/mol. The highest BCUT2D eigenvalue weighted by molar-refractivity contribution is 6.76. The molecule has 2 fully saturated rings. The molecule has 11 heteroatoms. The van der Waals surface area contributed by atoms with Crippen molar-refractivity contribution >= 4 is 58.6 Å². The maximum atomic E-state index is 12.2. The van der Waals surface area contributed by atoms with Crippen LogP contribution in [0.15, 0.2) is 0 Å². The molecule has 2 aliphatic heterocycles. The number of halogens is 3. The van der Waals surface area contributed by atoms with E-state index in [1.54, 1.807) is 0 Å². The summed E-state index contributed by atoms with van der Waals surface area (Å²) in [7, 11) is 0. The number of rotatable bonds is 2. The molecule has 0 aliphatic carbocycles. The molecular weight excluding hydrogens is 376 g/mol. The minimum atomic E-state index is -2.33. The Bertz CT molecular complexity index is 561. The number of imide groups is 1. The number of nitrogens with zero attached hydrogens (tertiary/aromatic N) is 1. The summed E-state index contributed by atoms with van der Waals surface area (Å²) in [6.45, 7) is 2.12. The third kappa shape index (κ3) is 3.55. The first-order valence-corrected chi connectivity index (χ1v) is 7.57. The second kappa shape index (κ2) is 6.43. The molecule has 128 valence electrons. The molecule has 0 saturated carbocycles. The maximum Gasteiger partial charge on any atom is 0.303 e. The zero-order chi connectivity index (χ0) is 17.5. The first-order chi connectivity index (χ1) is 10.5. The Hall–Kier alpha value is -1.09. The Morgan fingerprint density at radius 1 is 1.17 bits per heavy atom. The summed E-state index contributed by atoms with van der Waals surface area (Å²) >= 11 is 16.4. The maximum absolute atomic E-state index is 12.2. The van der Waals surface area contributed by atoms with Crippen LogP contribution >= 0.6 is 34.8 Å². The molecule has 0 spiro atoms. The van der Waals surface area contributed by atoms with Gasteiger partial charge >= 0.3 is 11.9 Å². The zero-order valence-electron chi connectivity index (χ0n) is 12.0. The molecule has 0 unspecified atom stereocenters. The fraction of sp³-hybridized carbons (Fsp3) is 0.667. The van der Waals surface area contributed by atoms with Gasteiger partial charge in [0.05, 0.1) is 6.61 Å². The number of hydrogen-bond acceptors (Lipinski definition) is 7. The van der Waals surface area contributed by atoms with E-state index in [9.17, 15) is 19.2 Å². The second-order valence-electron chi connectivity index (χ2n) is 4.98. The summed E-state index contributed by atoms with van der Waals surface area (Å²) < 4.78 is 13.1. The van der Waals surface area contributed by atoms with Gasteiger partial charge in [0.1, 0.15) is 5.92 Å². The highest BCUT2D eigenvalue weighted by Crippen LogP contribution is 2.41. The van der Waals surface area contributed by atoms with E-state index in [4.69, 9.17) is 49.0 Å². The van der Waals surface area contributed by atoms with E-state index in [1.165, 1.54) is 0 Å². The van der Waals surface area contributed by atoms with Crippen molar-refractivity contribution in [1.82, 2.24) is 4.90 Å². The molecule has 2 saturated heterocycles. The van der Waals surface area contributed by atoms with Crippen molar-refractivity contribution in [2.75, 3.05) is 6.61 Å². The molecule has 8 nitrogen and oxygen atoms in total. The first kappa shape index (κ1) is 18.3. The smallest absolute Gasteiger partial charge is 0.303 e. The van der Waals surface area contributed by atoms with Crippen LogP contribution in [0.1, 0.15) is 13.8 Å². The number of β-lactam (4-membered cyclic amide) rings is 1. The minimum absolute atomic E-state index is 0.185. The number of alkyl halides is 3. The van der Waals surface area contributed by atoms with Crippen molar-refractivity contribution in [1.29, 1.82) is 0 Å². The van der Waals surface area contributed by atoms with Gasteiger partial charge in [-0.3, -0.25) is 24.1 Å². The Morgan fingerprint density at radius 3 is 2.22 bits per heavy atom. The number of carbonyl (C=O) groups is 4. The predicted octanol–water partition coefficient (Wildman–Crippen LogP) is 0.561. The molecule has 2 aliphatic rings. The van der Waals surface area contributed by atoms with Gasteiger partial charge in [-0.15, -0.1) is 0 Å². The molecule has 0 aromatic rings. The topological polar surface area (TPSA) is 99.2 Å². The van der Waals surface area contributed by atoms with Gasteiger partial charge in [0.2, 0.25) is 5.91 Å². The van der Waals surface area contributed by atoms with Crippen LogP contribution in [0.2, 0.25) is 0 Å². The molecule has 4 atom stereocenters. The molecule has 0 bridgehead atoms. The van der Waals surface area contributed by atoms with Gasteiger partial charge in [0.25, 0.3) is 9.70 Å². The van der Waals surface area contributed by atoms with Crippen LogP contribution in [0, 0.1) is 5.92 Å². The number of fused-ring (bicyclic) bond motifs is 1. The van der Waals surface area contributed by atoms with E-state index in [0.29, 0.717) is 4.90 Å². The number of hydrogen-bond donors (Lipinski definition) is 0. The van der Waals surface area contributed by atoms with Crippen LogP contribution in [0.4, 0.5) is 0 Å². The number of amides is 2. The quantitative estimate of drug-likeness (QED) is 0.387. The van der Waals surface area contributed by atoms with E-state index in [1.807, 2.05) is 0 Å². The van der Waals surface area contributed by atoms with Crippen LogP contribution in [-0.2, 0) is 33.4 Å². The number of carbonyl (C=O) groups excluding carboxylic acids is 4. The summed E-state index contributed by atoms with van der Waals surface area (Å²) in [6, 6.07) is 0. The second-order valence-corrected chi connectivity index (χ2v) is 7.26. The molecule has 2 heterocycles. The van der Waals surface area contributed by atoms with Crippen molar-refractivity contribution in [3.63, 3.8) is 0 Å². The van der Waals surface area contributed by atoms with E-state index in [-0.39, 0.29) is 6.61 Å². The lowest BCUT2D eigenvalue weighted by Crippen LogP contribution is -2.73. The van der Waals surface area contributed by atoms with Crippen LogP contribution in [-0.4, -0.2) is 57.5 Å². The average Bonchev–Trinajstić information content (AvgIpc) is 2.38. The molecule has 0 aromatic carbocycles. The fourth-order valence-electron chi connectivity index (χ4n) is 2.49. The molecule has 0 aromatic heterocycles. The van der Waals surface area contributed by atoms with E-state index >= 15 is 0 Å². The van der Waals surface area contributed by atoms with E-state index in [0.717, 1.165) is 13.8 Å². The molecule has 2 rings (SSSR count). The Balaban J connectivity index is 2.21. The van der Waals surface area contributed by atoms with Crippen LogP contribution in [0.25, 0.3) is 0 Å². The van der Waals surface area contributed by atoms with Gasteiger partial charge in [0.15, 0.2) is 18.4 Å². The monoisotopic (exact) mass is 387 g/mol. The van der Waals surface area contributed by atoms with Crippen LogP contribution < -0.4 is 0 Å². The molecular formula is C12H12Cl3NO7. The fourth-order valence-corrected chi connectivity index (χ4v) is 2.77. The molecule has 2 amide bonds. The SMILES string of the molecule is CC(=O)O[C@H]1[C@@H]2C(=O)N(C(=O)C(Cl)(Cl)Cl)[C@@H]2OC[C@@H]1OC(C)=O.